The van der Waals surface area contributed by atoms with E-state index >= 15 is 0 Å². The van der Waals surface area contributed by atoms with Gasteiger partial charge >= 0.3 is 5.51 Å². The Morgan fingerprint density at radius 2 is 1.88 bits per heavy atom. The van der Waals surface area contributed by atoms with Crippen LogP contribution >= 0.6 is 11.8 Å². The predicted octanol–water partition coefficient (Wildman–Crippen LogP) is 3.42. The van der Waals surface area contributed by atoms with Crippen LogP contribution in [0.1, 0.15) is 19.4 Å². The first-order chi connectivity index (χ1) is 7.24. The molecule has 1 rings (SSSR count). The van der Waals surface area contributed by atoms with Gasteiger partial charge in [0, 0.05) is 4.90 Å². The van der Waals surface area contributed by atoms with Gasteiger partial charge in [0.1, 0.15) is 5.60 Å². The van der Waals surface area contributed by atoms with Gasteiger partial charge in [-0.1, -0.05) is 12.1 Å². The van der Waals surface area contributed by atoms with Gasteiger partial charge < -0.3 is 0 Å². The number of rotatable bonds is 3. The molecule has 0 saturated carbocycles. The van der Waals surface area contributed by atoms with Crippen molar-refractivity contribution in [3.05, 3.63) is 29.8 Å². The zero-order valence-corrected chi connectivity index (χ0v) is 9.65. The molecule has 0 spiro atoms. The van der Waals surface area contributed by atoms with Crippen molar-refractivity contribution in [3.8, 4) is 0 Å². The molecule has 0 radical (unpaired) electrons. The van der Waals surface area contributed by atoms with Crippen LogP contribution in [0.15, 0.2) is 29.2 Å². The van der Waals surface area contributed by atoms with Crippen molar-refractivity contribution >= 4 is 11.8 Å². The quantitative estimate of drug-likeness (QED) is 0.660. The summed E-state index contributed by atoms with van der Waals surface area (Å²) in [5.74, 6) is 5.09. The lowest BCUT2D eigenvalue weighted by atomic mass is 9.99. The smallest absolute Gasteiger partial charge is 0.294 e. The number of benzene rings is 1. The lowest BCUT2D eigenvalue weighted by molar-refractivity contribution is -0.0330. The third-order valence-corrected chi connectivity index (χ3v) is 2.78. The Morgan fingerprint density at radius 3 is 2.38 bits per heavy atom. The van der Waals surface area contributed by atoms with Crippen LogP contribution in [0.25, 0.3) is 0 Å². The van der Waals surface area contributed by atoms with E-state index in [1.165, 1.54) is 12.1 Å². The highest BCUT2D eigenvalue weighted by atomic mass is 32.2. The van der Waals surface area contributed by atoms with Gasteiger partial charge in [-0.3, -0.25) is 4.84 Å². The molecule has 0 heterocycles. The minimum atomic E-state index is -4.29. The lowest BCUT2D eigenvalue weighted by Crippen LogP contribution is -2.25. The zero-order chi connectivity index (χ0) is 12.4. The molecular weight excluding hydrogens is 239 g/mol. The predicted molar refractivity (Wildman–Crippen MR) is 56.7 cm³/mol. The van der Waals surface area contributed by atoms with Gasteiger partial charge in [0.2, 0.25) is 0 Å². The number of thioether (sulfide) groups is 1. The summed E-state index contributed by atoms with van der Waals surface area (Å²) in [5, 5.41) is 0. The molecular formula is C10H12F3NOS. The molecule has 1 aromatic carbocycles. The molecule has 0 aliphatic heterocycles. The third-order valence-electron chi connectivity index (χ3n) is 2.06. The summed E-state index contributed by atoms with van der Waals surface area (Å²) in [5.41, 5.74) is -4.49. The van der Waals surface area contributed by atoms with E-state index in [1.54, 1.807) is 26.0 Å². The Labute approximate surface area is 95.9 Å². The van der Waals surface area contributed by atoms with Gasteiger partial charge in [0.05, 0.1) is 0 Å². The topological polar surface area (TPSA) is 35.2 Å². The number of halogens is 3. The lowest BCUT2D eigenvalue weighted by Gasteiger charge is -2.22. The van der Waals surface area contributed by atoms with E-state index in [0.717, 1.165) is 0 Å². The minimum absolute atomic E-state index is 0.120. The summed E-state index contributed by atoms with van der Waals surface area (Å²) >= 11 is -0.155. The van der Waals surface area contributed by atoms with Crippen molar-refractivity contribution in [2.45, 2.75) is 29.9 Å². The van der Waals surface area contributed by atoms with Crippen LogP contribution < -0.4 is 5.90 Å². The number of hydrogen-bond donors (Lipinski definition) is 1. The maximum atomic E-state index is 12.2. The number of alkyl halides is 3. The molecule has 90 valence electrons. The molecule has 0 aliphatic rings. The second-order valence-electron chi connectivity index (χ2n) is 3.70. The Hall–Kier alpha value is -0.720. The van der Waals surface area contributed by atoms with E-state index in [2.05, 4.69) is 0 Å². The molecule has 0 aromatic heterocycles. The number of hydrogen-bond acceptors (Lipinski definition) is 3. The summed E-state index contributed by atoms with van der Waals surface area (Å²) in [7, 11) is 0. The van der Waals surface area contributed by atoms with Crippen molar-refractivity contribution in [3.63, 3.8) is 0 Å². The highest BCUT2D eigenvalue weighted by Crippen LogP contribution is 2.38. The van der Waals surface area contributed by atoms with Crippen molar-refractivity contribution in [2.24, 2.45) is 5.90 Å². The standard InChI is InChI=1S/C10H12F3NOS/c1-9(2,15-14)7-4-3-5-8(6-7)16-10(11,12)13/h3-6H,14H2,1-2H3. The average molecular weight is 251 g/mol. The zero-order valence-electron chi connectivity index (χ0n) is 8.84. The van der Waals surface area contributed by atoms with Crippen LogP contribution in [-0.2, 0) is 10.4 Å². The molecule has 0 amide bonds. The highest BCUT2D eigenvalue weighted by molar-refractivity contribution is 8.00. The molecule has 1 aromatic rings. The van der Waals surface area contributed by atoms with Crippen molar-refractivity contribution in [1.29, 1.82) is 0 Å². The normalized spacial score (nSPS) is 12.9. The van der Waals surface area contributed by atoms with Gasteiger partial charge in [-0.15, -0.1) is 0 Å². The first kappa shape index (κ1) is 13.3. The monoisotopic (exact) mass is 251 g/mol. The molecule has 0 atom stereocenters. The third kappa shape index (κ3) is 3.70. The molecule has 0 saturated heterocycles. The second kappa shape index (κ2) is 4.65. The largest absolute Gasteiger partial charge is 0.446 e. The summed E-state index contributed by atoms with van der Waals surface area (Å²) in [6.07, 6.45) is 0. The second-order valence-corrected chi connectivity index (χ2v) is 4.84. The van der Waals surface area contributed by atoms with E-state index in [0.29, 0.717) is 5.56 Å². The Morgan fingerprint density at radius 1 is 1.25 bits per heavy atom. The molecule has 0 unspecified atom stereocenters. The average Bonchev–Trinajstić information content (AvgIpc) is 2.15. The van der Waals surface area contributed by atoms with Crippen molar-refractivity contribution < 1.29 is 18.0 Å². The molecule has 6 heteroatoms. The molecule has 2 N–H and O–H groups in total. The van der Waals surface area contributed by atoms with Gasteiger partial charge in [0.25, 0.3) is 0 Å². The molecule has 2 nitrogen and oxygen atoms in total. The van der Waals surface area contributed by atoms with Gasteiger partial charge in [-0.25, -0.2) is 5.90 Å². The minimum Gasteiger partial charge on any atom is -0.294 e. The van der Waals surface area contributed by atoms with E-state index < -0.39 is 11.1 Å². The van der Waals surface area contributed by atoms with Crippen LogP contribution in [0.4, 0.5) is 13.2 Å². The highest BCUT2D eigenvalue weighted by Gasteiger charge is 2.30. The van der Waals surface area contributed by atoms with Gasteiger partial charge in [0.15, 0.2) is 0 Å². The molecule has 0 aliphatic carbocycles. The van der Waals surface area contributed by atoms with Crippen LogP contribution in [0.5, 0.6) is 0 Å². The Kier molecular flexibility index (Phi) is 3.88. The van der Waals surface area contributed by atoms with Crippen LogP contribution in [-0.4, -0.2) is 5.51 Å². The molecule has 16 heavy (non-hydrogen) atoms. The fourth-order valence-electron chi connectivity index (χ4n) is 1.14. The first-order valence-electron chi connectivity index (χ1n) is 4.49. The Balaban J connectivity index is 2.96. The Bertz CT molecular complexity index is 365. The summed E-state index contributed by atoms with van der Waals surface area (Å²) in [4.78, 5) is 4.84. The fourth-order valence-corrected chi connectivity index (χ4v) is 1.74. The van der Waals surface area contributed by atoms with E-state index in [-0.39, 0.29) is 16.7 Å². The molecule has 0 bridgehead atoms. The maximum absolute atomic E-state index is 12.2. The SMILES string of the molecule is CC(C)(ON)c1cccc(SC(F)(F)F)c1. The first-order valence-corrected chi connectivity index (χ1v) is 5.30. The van der Waals surface area contributed by atoms with E-state index in [9.17, 15) is 13.2 Å². The van der Waals surface area contributed by atoms with Crippen molar-refractivity contribution in [1.82, 2.24) is 0 Å². The van der Waals surface area contributed by atoms with Crippen molar-refractivity contribution in [2.75, 3.05) is 0 Å². The molecule has 0 fully saturated rings. The summed E-state index contributed by atoms with van der Waals surface area (Å²) in [6.45, 7) is 3.37. The maximum Gasteiger partial charge on any atom is 0.446 e. The van der Waals surface area contributed by atoms with E-state index in [4.69, 9.17) is 10.7 Å². The summed E-state index contributed by atoms with van der Waals surface area (Å²) in [6, 6.07) is 6.04. The van der Waals surface area contributed by atoms with Gasteiger partial charge in [-0.2, -0.15) is 13.2 Å². The van der Waals surface area contributed by atoms with Crippen LogP contribution in [0.3, 0.4) is 0 Å². The fraction of sp³-hybridized carbons (Fsp3) is 0.400. The van der Waals surface area contributed by atoms with Crippen LogP contribution in [0, 0.1) is 0 Å². The number of nitrogens with two attached hydrogens (primary N) is 1. The van der Waals surface area contributed by atoms with Crippen LogP contribution in [0.2, 0.25) is 0 Å². The van der Waals surface area contributed by atoms with E-state index in [1.807, 2.05) is 0 Å². The van der Waals surface area contributed by atoms with Gasteiger partial charge in [-0.05, 0) is 43.3 Å². The summed E-state index contributed by atoms with van der Waals surface area (Å²) < 4.78 is 36.5.